The van der Waals surface area contributed by atoms with Crippen molar-refractivity contribution in [3.63, 3.8) is 0 Å². The van der Waals surface area contributed by atoms with E-state index >= 15 is 0 Å². The van der Waals surface area contributed by atoms with Crippen molar-refractivity contribution in [3.8, 4) is 5.75 Å². The van der Waals surface area contributed by atoms with Crippen LogP contribution in [0, 0.1) is 12.8 Å². The quantitative estimate of drug-likeness (QED) is 0.344. The summed E-state index contributed by atoms with van der Waals surface area (Å²) in [4.78, 5) is 15.7. The Bertz CT molecular complexity index is 1390. The van der Waals surface area contributed by atoms with Crippen molar-refractivity contribution in [1.82, 2.24) is 5.32 Å². The van der Waals surface area contributed by atoms with Gasteiger partial charge in [-0.05, 0) is 80.6 Å². The van der Waals surface area contributed by atoms with Crippen LogP contribution < -0.4 is 19.3 Å². The standard InChI is InChI=1S/C30H36ClN3O4S/c1-21-7-14-27(15-8-21)39(36,37)34(26-13-16-29(38-4)28(31)18-26)20-30(35)32-23(3)24-9-11-25(12-10-24)33-17-5-6-22(2)19-33/h7-16,18,22-23H,5-6,17,19-20H2,1-4H3,(H,32,35). The lowest BCUT2D eigenvalue weighted by atomic mass is 9.99. The molecule has 0 aliphatic carbocycles. The van der Waals surface area contributed by atoms with E-state index in [9.17, 15) is 13.2 Å². The van der Waals surface area contributed by atoms with Crippen molar-refractivity contribution in [1.29, 1.82) is 0 Å². The maximum atomic E-state index is 13.7. The summed E-state index contributed by atoms with van der Waals surface area (Å²) in [7, 11) is -2.58. The molecule has 1 amide bonds. The number of hydrogen-bond acceptors (Lipinski definition) is 5. The first-order valence-electron chi connectivity index (χ1n) is 13.2. The van der Waals surface area contributed by atoms with Gasteiger partial charge in [0.05, 0.1) is 28.8 Å². The van der Waals surface area contributed by atoms with Gasteiger partial charge in [0.25, 0.3) is 10.0 Å². The number of nitrogens with zero attached hydrogens (tertiary/aromatic N) is 2. The number of halogens is 1. The van der Waals surface area contributed by atoms with Gasteiger partial charge in [-0.25, -0.2) is 8.42 Å². The summed E-state index contributed by atoms with van der Waals surface area (Å²) in [5, 5.41) is 3.20. The number of aryl methyl sites for hydroxylation is 1. The van der Waals surface area contributed by atoms with Crippen LogP contribution in [0.3, 0.4) is 0 Å². The van der Waals surface area contributed by atoms with Gasteiger partial charge in [0.1, 0.15) is 12.3 Å². The largest absolute Gasteiger partial charge is 0.495 e. The molecule has 7 nitrogen and oxygen atoms in total. The Hall–Kier alpha value is -3.23. The van der Waals surface area contributed by atoms with Gasteiger partial charge < -0.3 is 15.0 Å². The average molecular weight is 570 g/mol. The molecular weight excluding hydrogens is 534 g/mol. The number of piperidine rings is 1. The smallest absolute Gasteiger partial charge is 0.264 e. The number of carbonyl (C=O) groups excluding carboxylic acids is 1. The Morgan fingerprint density at radius 3 is 2.44 bits per heavy atom. The van der Waals surface area contributed by atoms with Crippen molar-refractivity contribution < 1.29 is 17.9 Å². The Morgan fingerprint density at radius 2 is 1.82 bits per heavy atom. The number of amides is 1. The number of hydrogen-bond donors (Lipinski definition) is 1. The summed E-state index contributed by atoms with van der Waals surface area (Å²) in [6, 6.07) is 19.1. The molecule has 0 radical (unpaired) electrons. The highest BCUT2D eigenvalue weighted by atomic mass is 35.5. The molecule has 39 heavy (non-hydrogen) atoms. The summed E-state index contributed by atoms with van der Waals surface area (Å²) in [6.07, 6.45) is 2.45. The zero-order chi connectivity index (χ0) is 28.2. The highest BCUT2D eigenvalue weighted by Gasteiger charge is 2.28. The fourth-order valence-electron chi connectivity index (χ4n) is 4.86. The number of benzene rings is 3. The lowest BCUT2D eigenvalue weighted by Crippen LogP contribution is -2.41. The van der Waals surface area contributed by atoms with E-state index in [1.54, 1.807) is 24.3 Å². The first-order chi connectivity index (χ1) is 18.6. The van der Waals surface area contributed by atoms with Crippen LogP contribution in [-0.4, -0.2) is 41.1 Å². The van der Waals surface area contributed by atoms with Crippen LogP contribution in [0.2, 0.25) is 5.02 Å². The van der Waals surface area contributed by atoms with E-state index in [1.807, 2.05) is 26.0 Å². The number of nitrogens with one attached hydrogen (secondary N) is 1. The third kappa shape index (κ3) is 6.86. The SMILES string of the molecule is COc1ccc(N(CC(=O)NC(C)c2ccc(N3CCCC(C)C3)cc2)S(=O)(=O)c2ccc(C)cc2)cc1Cl. The van der Waals surface area contributed by atoms with Gasteiger partial charge in [-0.1, -0.05) is 48.4 Å². The van der Waals surface area contributed by atoms with E-state index in [-0.39, 0.29) is 21.6 Å². The fraction of sp³-hybridized carbons (Fsp3) is 0.367. The van der Waals surface area contributed by atoms with Crippen molar-refractivity contribution in [3.05, 3.63) is 82.9 Å². The van der Waals surface area contributed by atoms with Crippen LogP contribution in [0.25, 0.3) is 0 Å². The number of ether oxygens (including phenoxy) is 1. The van der Waals surface area contributed by atoms with E-state index in [0.717, 1.165) is 28.5 Å². The van der Waals surface area contributed by atoms with Crippen LogP contribution in [0.1, 0.15) is 43.9 Å². The van der Waals surface area contributed by atoms with Gasteiger partial charge in [0, 0.05) is 18.8 Å². The molecule has 1 aliphatic rings. The third-order valence-electron chi connectivity index (χ3n) is 7.11. The topological polar surface area (TPSA) is 79.0 Å². The first kappa shape index (κ1) is 28.8. The molecule has 2 atom stereocenters. The van der Waals surface area contributed by atoms with Crippen molar-refractivity contribution in [2.24, 2.45) is 5.92 Å². The van der Waals surface area contributed by atoms with Crippen molar-refractivity contribution >= 4 is 38.9 Å². The van der Waals surface area contributed by atoms with Crippen LogP contribution >= 0.6 is 11.6 Å². The maximum Gasteiger partial charge on any atom is 0.264 e. The second-order valence-corrected chi connectivity index (χ2v) is 12.5. The summed E-state index contributed by atoms with van der Waals surface area (Å²) in [6.45, 7) is 7.74. The van der Waals surface area contributed by atoms with Crippen molar-refractivity contribution in [2.45, 2.75) is 44.6 Å². The van der Waals surface area contributed by atoms with E-state index in [4.69, 9.17) is 16.3 Å². The molecule has 9 heteroatoms. The van der Waals surface area contributed by atoms with Crippen LogP contribution in [-0.2, 0) is 14.8 Å². The number of sulfonamides is 1. The zero-order valence-electron chi connectivity index (χ0n) is 22.9. The van der Waals surface area contributed by atoms with Gasteiger partial charge in [0.15, 0.2) is 0 Å². The lowest BCUT2D eigenvalue weighted by Gasteiger charge is -2.33. The van der Waals surface area contributed by atoms with E-state index in [0.29, 0.717) is 11.7 Å². The molecule has 0 saturated carbocycles. The van der Waals surface area contributed by atoms with E-state index in [2.05, 4.69) is 29.3 Å². The number of rotatable bonds is 9. The molecule has 4 rings (SSSR count). The van der Waals surface area contributed by atoms with E-state index in [1.165, 1.54) is 43.8 Å². The molecule has 1 saturated heterocycles. The highest BCUT2D eigenvalue weighted by Crippen LogP contribution is 2.32. The van der Waals surface area contributed by atoms with Gasteiger partial charge in [-0.3, -0.25) is 9.10 Å². The molecule has 1 heterocycles. The number of anilines is 2. The van der Waals surface area contributed by atoms with Gasteiger partial charge in [0.2, 0.25) is 5.91 Å². The summed E-state index contributed by atoms with van der Waals surface area (Å²) in [5.74, 6) is 0.657. The lowest BCUT2D eigenvalue weighted by molar-refractivity contribution is -0.120. The first-order valence-corrected chi connectivity index (χ1v) is 15.0. The highest BCUT2D eigenvalue weighted by molar-refractivity contribution is 7.92. The van der Waals surface area contributed by atoms with Crippen LogP contribution in [0.5, 0.6) is 5.75 Å². The molecule has 1 N–H and O–H groups in total. The average Bonchev–Trinajstić information content (AvgIpc) is 2.92. The zero-order valence-corrected chi connectivity index (χ0v) is 24.4. The predicted octanol–water partition coefficient (Wildman–Crippen LogP) is 5.97. The van der Waals surface area contributed by atoms with Crippen molar-refractivity contribution in [2.75, 3.05) is 35.9 Å². The third-order valence-corrected chi connectivity index (χ3v) is 9.20. The molecule has 1 fully saturated rings. The minimum absolute atomic E-state index is 0.0866. The molecule has 0 aromatic heterocycles. The second kappa shape index (κ2) is 12.3. The van der Waals surface area contributed by atoms with Gasteiger partial charge >= 0.3 is 0 Å². The van der Waals surface area contributed by atoms with Crippen LogP contribution in [0.15, 0.2) is 71.6 Å². The Morgan fingerprint density at radius 1 is 1.13 bits per heavy atom. The summed E-state index contributed by atoms with van der Waals surface area (Å²) >= 11 is 6.32. The molecule has 3 aromatic carbocycles. The molecule has 0 bridgehead atoms. The van der Waals surface area contributed by atoms with Gasteiger partial charge in [-0.15, -0.1) is 0 Å². The van der Waals surface area contributed by atoms with Gasteiger partial charge in [-0.2, -0.15) is 0 Å². The molecule has 0 spiro atoms. The molecular formula is C30H36ClN3O4S. The summed E-state index contributed by atoms with van der Waals surface area (Å²) < 4.78 is 33.6. The molecule has 1 aliphatic heterocycles. The number of carbonyl (C=O) groups is 1. The Kier molecular flexibility index (Phi) is 9.08. The number of methoxy groups -OCH3 is 1. The Labute approximate surface area is 236 Å². The maximum absolute atomic E-state index is 13.7. The monoisotopic (exact) mass is 569 g/mol. The predicted molar refractivity (Wildman–Crippen MR) is 157 cm³/mol. The molecule has 208 valence electrons. The fourth-order valence-corrected chi connectivity index (χ4v) is 6.53. The minimum atomic E-state index is -4.06. The Balaban J connectivity index is 1.53. The van der Waals surface area contributed by atoms with Crippen LogP contribution in [0.4, 0.5) is 11.4 Å². The molecule has 3 aromatic rings. The summed E-state index contributed by atoms with van der Waals surface area (Å²) in [5.41, 5.74) is 3.32. The second-order valence-electron chi connectivity index (χ2n) is 10.2. The van der Waals surface area contributed by atoms with E-state index < -0.39 is 22.5 Å². The minimum Gasteiger partial charge on any atom is -0.495 e. The normalized spacial score (nSPS) is 16.4. The molecule has 2 unspecified atom stereocenters.